The van der Waals surface area contributed by atoms with Crippen LogP contribution in [-0.2, 0) is 20.9 Å². The van der Waals surface area contributed by atoms with Crippen LogP contribution in [0, 0.1) is 0 Å². The van der Waals surface area contributed by atoms with Gasteiger partial charge >= 0.3 is 0 Å². The predicted octanol–water partition coefficient (Wildman–Crippen LogP) is 1.45. The lowest BCUT2D eigenvalue weighted by molar-refractivity contribution is -0.136. The van der Waals surface area contributed by atoms with Crippen molar-refractivity contribution in [3.63, 3.8) is 0 Å². The Labute approximate surface area is 208 Å². The maximum absolute atomic E-state index is 13.4. The van der Waals surface area contributed by atoms with E-state index in [1.165, 1.54) is 5.56 Å². The van der Waals surface area contributed by atoms with Crippen molar-refractivity contribution in [1.29, 1.82) is 0 Å². The van der Waals surface area contributed by atoms with Gasteiger partial charge in [-0.2, -0.15) is 0 Å². The number of fused-ring (bicyclic) bond motifs is 1. The second-order valence-corrected chi connectivity index (χ2v) is 11.1. The summed E-state index contributed by atoms with van der Waals surface area (Å²) in [5.41, 5.74) is 0.888. The maximum atomic E-state index is 13.4. The molecule has 8 heteroatoms. The second kappa shape index (κ2) is 9.90. The molecule has 4 fully saturated rings. The van der Waals surface area contributed by atoms with E-state index in [2.05, 4.69) is 46.4 Å². The molecule has 0 bridgehead atoms. The normalized spacial score (nSPS) is 27.7. The van der Waals surface area contributed by atoms with E-state index in [9.17, 15) is 14.4 Å². The molecule has 35 heavy (non-hydrogen) atoms. The Morgan fingerprint density at radius 3 is 2.40 bits per heavy atom. The van der Waals surface area contributed by atoms with Crippen molar-refractivity contribution in [1.82, 2.24) is 24.9 Å². The summed E-state index contributed by atoms with van der Waals surface area (Å²) in [6.07, 6.45) is 4.62. The van der Waals surface area contributed by atoms with Gasteiger partial charge < -0.3 is 15.1 Å². The highest BCUT2D eigenvalue weighted by Crippen LogP contribution is 2.34. The van der Waals surface area contributed by atoms with Gasteiger partial charge in [-0.3, -0.25) is 24.2 Å². The minimum absolute atomic E-state index is 0.0228. The highest BCUT2D eigenvalue weighted by atomic mass is 16.2. The Hall–Kier alpha value is -2.45. The molecule has 4 aliphatic rings. The smallest absolute Gasteiger partial charge is 0.243 e. The zero-order chi connectivity index (χ0) is 24.6. The molecule has 2 atom stereocenters. The number of hydrogen-bond donors (Lipinski definition) is 1. The Balaban J connectivity index is 1.18. The van der Waals surface area contributed by atoms with Gasteiger partial charge in [-0.05, 0) is 44.7 Å². The van der Waals surface area contributed by atoms with Crippen molar-refractivity contribution in [2.75, 3.05) is 39.8 Å². The Morgan fingerprint density at radius 2 is 1.74 bits per heavy atom. The van der Waals surface area contributed by atoms with E-state index in [4.69, 9.17) is 0 Å². The molecule has 0 unspecified atom stereocenters. The summed E-state index contributed by atoms with van der Waals surface area (Å²) in [4.78, 5) is 47.0. The second-order valence-electron chi connectivity index (χ2n) is 11.1. The van der Waals surface area contributed by atoms with Gasteiger partial charge in [0.15, 0.2) is 0 Å². The first-order valence-corrected chi connectivity index (χ1v) is 13.2. The third-order valence-corrected chi connectivity index (χ3v) is 8.90. The van der Waals surface area contributed by atoms with Crippen molar-refractivity contribution >= 4 is 17.7 Å². The highest BCUT2D eigenvalue weighted by molar-refractivity contribution is 5.92. The van der Waals surface area contributed by atoms with E-state index in [1.54, 1.807) is 6.92 Å². The van der Waals surface area contributed by atoms with Crippen LogP contribution in [0.3, 0.4) is 0 Å². The zero-order valence-electron chi connectivity index (χ0n) is 21.1. The van der Waals surface area contributed by atoms with Crippen LogP contribution in [0.2, 0.25) is 0 Å². The average Bonchev–Trinajstić information content (AvgIpc) is 3.28. The number of rotatable bonds is 4. The fraction of sp³-hybridized carbons (Fsp3) is 0.667. The molecule has 1 aromatic rings. The molecule has 0 radical (unpaired) electrons. The SMILES string of the molecule is CC(=O)N1CCC(N(C)[C@H]2C[C@H]3C(=O)NC4(CCN(Cc5ccccc5)CC4)CC(=O)N3C2)CC1. The van der Waals surface area contributed by atoms with Crippen LogP contribution in [0.4, 0.5) is 0 Å². The van der Waals surface area contributed by atoms with Crippen molar-refractivity contribution in [3.8, 4) is 0 Å². The summed E-state index contributed by atoms with van der Waals surface area (Å²) >= 11 is 0. The summed E-state index contributed by atoms with van der Waals surface area (Å²) in [6, 6.07) is 10.7. The number of amides is 3. The van der Waals surface area contributed by atoms with Gasteiger partial charge in [-0.15, -0.1) is 0 Å². The fourth-order valence-corrected chi connectivity index (χ4v) is 6.58. The van der Waals surface area contributed by atoms with Gasteiger partial charge in [0.1, 0.15) is 6.04 Å². The predicted molar refractivity (Wildman–Crippen MR) is 133 cm³/mol. The minimum atomic E-state index is -0.410. The third-order valence-electron chi connectivity index (χ3n) is 8.90. The summed E-state index contributed by atoms with van der Waals surface area (Å²) in [6.45, 7) is 6.51. The first kappa shape index (κ1) is 24.3. The number of hydrogen-bond acceptors (Lipinski definition) is 5. The molecule has 5 rings (SSSR count). The van der Waals surface area contributed by atoms with E-state index in [-0.39, 0.29) is 29.8 Å². The summed E-state index contributed by atoms with van der Waals surface area (Å²) in [7, 11) is 2.12. The van der Waals surface area contributed by atoms with Crippen molar-refractivity contribution in [2.24, 2.45) is 0 Å². The number of nitrogens with zero attached hydrogens (tertiary/aromatic N) is 4. The van der Waals surface area contributed by atoms with Crippen LogP contribution in [-0.4, -0.2) is 101 Å². The molecule has 3 amide bonds. The molecule has 4 aliphatic heterocycles. The van der Waals surface area contributed by atoms with Gasteiger partial charge in [-0.1, -0.05) is 30.3 Å². The van der Waals surface area contributed by atoms with Crippen LogP contribution < -0.4 is 5.32 Å². The first-order valence-electron chi connectivity index (χ1n) is 13.2. The standard InChI is InChI=1S/C27H39N5O3/c1-20(33)31-12-8-22(9-13-31)29(2)23-16-24-26(35)28-27(17-25(34)32(24)19-23)10-14-30(15-11-27)18-21-6-4-3-5-7-21/h3-7,22-24H,8-19H2,1-2H3,(H,28,35)/t23-,24-/m0/s1. The summed E-state index contributed by atoms with van der Waals surface area (Å²) in [5, 5.41) is 3.35. The number of likely N-dealkylation sites (N-methyl/N-ethyl adjacent to an activating group) is 1. The minimum Gasteiger partial charge on any atom is -0.348 e. The van der Waals surface area contributed by atoms with Gasteiger partial charge in [0, 0.05) is 58.3 Å². The number of piperidine rings is 2. The lowest BCUT2D eigenvalue weighted by atomic mass is 9.84. The molecule has 190 valence electrons. The van der Waals surface area contributed by atoms with Crippen LogP contribution in [0.15, 0.2) is 30.3 Å². The summed E-state index contributed by atoms with van der Waals surface area (Å²) in [5.74, 6) is 0.282. The molecule has 8 nitrogen and oxygen atoms in total. The number of carbonyl (C=O) groups is 3. The third kappa shape index (κ3) is 5.09. The van der Waals surface area contributed by atoms with Crippen molar-refractivity contribution < 1.29 is 14.4 Å². The van der Waals surface area contributed by atoms with Crippen molar-refractivity contribution in [2.45, 2.75) is 75.7 Å². The molecule has 4 heterocycles. The molecule has 1 N–H and O–H groups in total. The number of carbonyl (C=O) groups excluding carboxylic acids is 3. The topological polar surface area (TPSA) is 76.2 Å². The number of likely N-dealkylation sites (tertiary alicyclic amines) is 2. The van der Waals surface area contributed by atoms with Crippen molar-refractivity contribution in [3.05, 3.63) is 35.9 Å². The van der Waals surface area contributed by atoms with Crippen LogP contribution in [0.1, 0.15) is 51.0 Å². The maximum Gasteiger partial charge on any atom is 0.243 e. The molecule has 0 saturated carbocycles. The van der Waals surface area contributed by atoms with E-state index >= 15 is 0 Å². The van der Waals surface area contributed by atoms with Crippen LogP contribution in [0.25, 0.3) is 0 Å². The van der Waals surface area contributed by atoms with Crippen LogP contribution >= 0.6 is 0 Å². The van der Waals surface area contributed by atoms with Crippen LogP contribution in [0.5, 0.6) is 0 Å². The number of benzene rings is 1. The molecule has 1 aromatic carbocycles. The van der Waals surface area contributed by atoms with Gasteiger partial charge in [0.25, 0.3) is 0 Å². The molecule has 4 saturated heterocycles. The zero-order valence-corrected chi connectivity index (χ0v) is 21.1. The van der Waals surface area contributed by atoms with E-state index in [0.29, 0.717) is 25.4 Å². The van der Waals surface area contributed by atoms with Gasteiger partial charge in [0.2, 0.25) is 17.7 Å². The molecular weight excluding hydrogens is 442 g/mol. The molecule has 1 spiro atoms. The quantitative estimate of drug-likeness (QED) is 0.705. The molecule has 0 aliphatic carbocycles. The largest absolute Gasteiger partial charge is 0.348 e. The van der Waals surface area contributed by atoms with Gasteiger partial charge in [0.05, 0.1) is 12.0 Å². The van der Waals surface area contributed by atoms with Gasteiger partial charge in [-0.25, -0.2) is 0 Å². The monoisotopic (exact) mass is 481 g/mol. The number of nitrogens with one attached hydrogen (secondary N) is 1. The first-order chi connectivity index (χ1) is 16.8. The van der Waals surface area contributed by atoms with E-state index < -0.39 is 5.54 Å². The van der Waals surface area contributed by atoms with E-state index in [1.807, 2.05) is 15.9 Å². The Kier molecular flexibility index (Phi) is 6.86. The van der Waals surface area contributed by atoms with E-state index in [0.717, 1.165) is 58.4 Å². The fourth-order valence-electron chi connectivity index (χ4n) is 6.58. The Bertz CT molecular complexity index is 909. The highest BCUT2D eigenvalue weighted by Gasteiger charge is 2.49. The summed E-state index contributed by atoms with van der Waals surface area (Å²) < 4.78 is 0. The lowest BCUT2D eigenvalue weighted by Gasteiger charge is -2.41. The lowest BCUT2D eigenvalue weighted by Crippen LogP contribution is -2.56. The Morgan fingerprint density at radius 1 is 1.06 bits per heavy atom. The average molecular weight is 482 g/mol. The molecule has 0 aromatic heterocycles. The molecular formula is C27H39N5O3.